The average Bonchev–Trinajstić information content (AvgIpc) is 3.12. The van der Waals surface area contributed by atoms with Gasteiger partial charge in [-0.25, -0.2) is 13.9 Å². The van der Waals surface area contributed by atoms with Gasteiger partial charge < -0.3 is 19.9 Å². The summed E-state index contributed by atoms with van der Waals surface area (Å²) >= 11 is 0. The van der Waals surface area contributed by atoms with Crippen molar-refractivity contribution < 1.29 is 13.9 Å². The Hall–Kier alpha value is -2.39. The normalized spacial score (nSPS) is 17.5. The van der Waals surface area contributed by atoms with E-state index in [0.29, 0.717) is 19.0 Å². The zero-order chi connectivity index (χ0) is 22.9. The number of carbonyl (C=O) groups is 1. The van der Waals surface area contributed by atoms with E-state index in [1.54, 1.807) is 10.7 Å². The maximum absolute atomic E-state index is 14.4. The number of amides is 2. The number of benzene rings is 1. The number of aromatic nitrogens is 2. The Morgan fingerprint density at radius 2 is 2.00 bits per heavy atom. The van der Waals surface area contributed by atoms with Crippen LogP contribution in [0.4, 0.5) is 20.6 Å². The van der Waals surface area contributed by atoms with Crippen LogP contribution in [0.15, 0.2) is 24.4 Å². The van der Waals surface area contributed by atoms with Gasteiger partial charge in [0.2, 0.25) is 0 Å². The SMILES string of the molecule is Cc1cccc(F)c1N1CCC(N2Cc3nn(COCC[Si](C)(C)C)cc3NC2=O)CC1. The van der Waals surface area contributed by atoms with Gasteiger partial charge in [0.25, 0.3) is 0 Å². The minimum absolute atomic E-state index is 0.0859. The van der Waals surface area contributed by atoms with Crippen molar-refractivity contribution in [3.05, 3.63) is 41.5 Å². The van der Waals surface area contributed by atoms with Crippen molar-refractivity contribution >= 4 is 25.5 Å². The Balaban J connectivity index is 1.34. The maximum Gasteiger partial charge on any atom is 0.322 e. The maximum atomic E-state index is 14.4. The van der Waals surface area contributed by atoms with Crippen molar-refractivity contribution in [1.82, 2.24) is 14.7 Å². The molecule has 1 aromatic carbocycles. The molecule has 2 aliphatic rings. The molecular formula is C23H34FN5O2Si. The van der Waals surface area contributed by atoms with Crippen LogP contribution in [-0.2, 0) is 18.0 Å². The molecule has 2 amide bonds. The van der Waals surface area contributed by atoms with Gasteiger partial charge in [0.1, 0.15) is 18.2 Å². The lowest BCUT2D eigenvalue weighted by Gasteiger charge is -2.40. The molecule has 0 atom stereocenters. The zero-order valence-corrected chi connectivity index (χ0v) is 20.5. The van der Waals surface area contributed by atoms with Crippen LogP contribution in [0.5, 0.6) is 0 Å². The number of carbonyl (C=O) groups excluding carboxylic acids is 1. The van der Waals surface area contributed by atoms with Crippen LogP contribution >= 0.6 is 0 Å². The molecule has 1 saturated heterocycles. The standard InChI is InChI=1S/C23H34FN5O2Si/c1-17-6-5-7-19(24)22(17)27-10-8-18(9-11-27)29-15-21-20(25-23(29)30)14-28(26-21)16-31-12-13-32(2,3)4/h5-7,14,18H,8-13,15-16H2,1-4H3,(H,25,30). The van der Waals surface area contributed by atoms with Crippen molar-refractivity contribution in [2.45, 2.75) is 64.8 Å². The lowest BCUT2D eigenvalue weighted by atomic mass is 10.0. The third kappa shape index (κ3) is 5.15. The van der Waals surface area contributed by atoms with E-state index >= 15 is 0 Å². The molecular weight excluding hydrogens is 425 g/mol. The first-order valence-electron chi connectivity index (χ1n) is 11.4. The Bertz CT molecular complexity index is 946. The first-order valence-corrected chi connectivity index (χ1v) is 15.1. The molecule has 2 aromatic rings. The second kappa shape index (κ2) is 9.23. The first kappa shape index (κ1) is 22.8. The summed E-state index contributed by atoms with van der Waals surface area (Å²) in [6, 6.07) is 6.34. The highest BCUT2D eigenvalue weighted by molar-refractivity contribution is 6.76. The van der Waals surface area contributed by atoms with Crippen molar-refractivity contribution in [3.63, 3.8) is 0 Å². The fraction of sp³-hybridized carbons (Fsp3) is 0.565. The molecule has 0 bridgehead atoms. The Kier molecular flexibility index (Phi) is 6.57. The summed E-state index contributed by atoms with van der Waals surface area (Å²) in [4.78, 5) is 16.7. The van der Waals surface area contributed by atoms with Gasteiger partial charge in [-0.05, 0) is 37.4 Å². The molecule has 1 fully saturated rings. The molecule has 0 saturated carbocycles. The van der Waals surface area contributed by atoms with E-state index < -0.39 is 8.07 Å². The van der Waals surface area contributed by atoms with Crippen molar-refractivity contribution in [2.24, 2.45) is 0 Å². The first-order chi connectivity index (χ1) is 15.2. The van der Waals surface area contributed by atoms with Gasteiger partial charge >= 0.3 is 6.03 Å². The largest absolute Gasteiger partial charge is 0.369 e. The summed E-state index contributed by atoms with van der Waals surface area (Å²) in [5.41, 5.74) is 3.26. The molecule has 9 heteroatoms. The topological polar surface area (TPSA) is 62.6 Å². The summed E-state index contributed by atoms with van der Waals surface area (Å²) in [5.74, 6) is -0.179. The fourth-order valence-electron chi connectivity index (χ4n) is 4.42. The third-order valence-electron chi connectivity index (χ3n) is 6.29. The molecule has 174 valence electrons. The summed E-state index contributed by atoms with van der Waals surface area (Å²) in [5, 5.41) is 7.62. The van der Waals surface area contributed by atoms with Crippen LogP contribution in [0.2, 0.25) is 25.7 Å². The highest BCUT2D eigenvalue weighted by Crippen LogP contribution is 2.31. The van der Waals surface area contributed by atoms with Crippen molar-refractivity contribution in [1.29, 1.82) is 0 Å². The number of hydrogen-bond donors (Lipinski definition) is 1. The number of nitrogens with one attached hydrogen (secondary N) is 1. The number of rotatable bonds is 7. The van der Waals surface area contributed by atoms with Crippen molar-refractivity contribution in [3.8, 4) is 0 Å². The van der Waals surface area contributed by atoms with Crippen LogP contribution < -0.4 is 10.2 Å². The number of fused-ring (bicyclic) bond motifs is 1. The molecule has 7 nitrogen and oxygen atoms in total. The number of hydrogen-bond acceptors (Lipinski definition) is 4. The van der Waals surface area contributed by atoms with Crippen LogP contribution in [-0.4, -0.2) is 54.5 Å². The van der Waals surface area contributed by atoms with E-state index in [1.165, 1.54) is 6.07 Å². The molecule has 0 unspecified atom stereocenters. The molecule has 4 rings (SSSR count). The van der Waals surface area contributed by atoms with Gasteiger partial charge in [0, 0.05) is 33.8 Å². The van der Waals surface area contributed by atoms with Gasteiger partial charge in [-0.2, -0.15) is 5.10 Å². The predicted octanol–water partition coefficient (Wildman–Crippen LogP) is 4.66. The Labute approximate surface area is 190 Å². The average molecular weight is 460 g/mol. The minimum Gasteiger partial charge on any atom is -0.369 e. The summed E-state index contributed by atoms with van der Waals surface area (Å²) < 4.78 is 21.9. The predicted molar refractivity (Wildman–Crippen MR) is 127 cm³/mol. The monoisotopic (exact) mass is 459 g/mol. The number of nitrogens with zero attached hydrogens (tertiary/aromatic N) is 4. The molecule has 32 heavy (non-hydrogen) atoms. The number of urea groups is 1. The lowest BCUT2D eigenvalue weighted by molar-refractivity contribution is 0.0780. The van der Waals surface area contributed by atoms with Gasteiger partial charge in [-0.15, -0.1) is 0 Å². The minimum atomic E-state index is -1.12. The van der Waals surface area contributed by atoms with E-state index in [2.05, 4.69) is 35.0 Å². The van der Waals surface area contributed by atoms with E-state index in [4.69, 9.17) is 4.74 Å². The van der Waals surface area contributed by atoms with Gasteiger partial charge in [0.15, 0.2) is 0 Å². The molecule has 1 aromatic heterocycles. The number of piperidine rings is 1. The van der Waals surface area contributed by atoms with Gasteiger partial charge in [0.05, 0.1) is 24.1 Å². The molecule has 2 aliphatic heterocycles. The highest BCUT2D eigenvalue weighted by Gasteiger charge is 2.33. The zero-order valence-electron chi connectivity index (χ0n) is 19.5. The van der Waals surface area contributed by atoms with Crippen molar-refractivity contribution in [2.75, 3.05) is 29.9 Å². The fourth-order valence-corrected chi connectivity index (χ4v) is 5.18. The van der Waals surface area contributed by atoms with Gasteiger partial charge in [-0.1, -0.05) is 31.8 Å². The second-order valence-corrected chi connectivity index (χ2v) is 15.7. The van der Waals surface area contributed by atoms with E-state index in [9.17, 15) is 9.18 Å². The van der Waals surface area contributed by atoms with Crippen LogP contribution in [0, 0.1) is 12.7 Å². The lowest BCUT2D eigenvalue weighted by Crippen LogP contribution is -2.50. The quantitative estimate of drug-likeness (QED) is 0.483. The summed E-state index contributed by atoms with van der Waals surface area (Å²) in [7, 11) is -1.12. The number of anilines is 2. The molecule has 3 heterocycles. The van der Waals surface area contributed by atoms with Crippen LogP contribution in [0.25, 0.3) is 0 Å². The van der Waals surface area contributed by atoms with Gasteiger partial charge in [-0.3, -0.25) is 0 Å². The van der Waals surface area contributed by atoms with E-state index in [1.807, 2.05) is 24.1 Å². The smallest absolute Gasteiger partial charge is 0.322 e. The number of ether oxygens (including phenoxy) is 1. The third-order valence-corrected chi connectivity index (χ3v) is 7.99. The summed E-state index contributed by atoms with van der Waals surface area (Å²) in [6.45, 7) is 12.0. The Morgan fingerprint density at radius 1 is 1.25 bits per heavy atom. The van der Waals surface area contributed by atoms with Crippen LogP contribution in [0.3, 0.4) is 0 Å². The second-order valence-electron chi connectivity index (χ2n) is 10.1. The number of para-hydroxylation sites is 1. The molecule has 1 N–H and O–H groups in total. The molecule has 0 aliphatic carbocycles. The summed E-state index contributed by atoms with van der Waals surface area (Å²) in [6.07, 6.45) is 3.46. The Morgan fingerprint density at radius 3 is 2.69 bits per heavy atom. The molecule has 0 radical (unpaired) electrons. The number of aryl methyl sites for hydroxylation is 1. The molecule has 0 spiro atoms. The van der Waals surface area contributed by atoms with E-state index in [-0.39, 0.29) is 17.9 Å². The van der Waals surface area contributed by atoms with Crippen LogP contribution in [0.1, 0.15) is 24.1 Å². The van der Waals surface area contributed by atoms with E-state index in [0.717, 1.165) is 55.5 Å². The highest BCUT2D eigenvalue weighted by atomic mass is 28.3. The number of halogens is 1.